The molecular weight excluding hydrogens is 366 g/mol. The molecule has 0 saturated carbocycles. The quantitative estimate of drug-likeness (QED) is 0.718. The van der Waals surface area contributed by atoms with Crippen molar-refractivity contribution in [2.75, 3.05) is 51.4 Å². The van der Waals surface area contributed by atoms with Crippen LogP contribution in [0.4, 0.5) is 5.82 Å². The number of ether oxygens (including phenoxy) is 2. The van der Waals surface area contributed by atoms with Crippen LogP contribution in [0.15, 0.2) is 47.5 Å². The van der Waals surface area contributed by atoms with Gasteiger partial charge in [0.05, 0.1) is 19.8 Å². The number of aromatic nitrogens is 1. The first-order valence-corrected chi connectivity index (χ1v) is 10.4. The molecule has 1 saturated heterocycles. The Morgan fingerprint density at radius 2 is 1.93 bits per heavy atom. The maximum atomic E-state index is 12.6. The number of pyridine rings is 1. The average Bonchev–Trinajstić information content (AvgIpc) is 2.70. The molecular formula is C19H25N3O4S. The van der Waals surface area contributed by atoms with Gasteiger partial charge in [-0.2, -0.15) is 4.31 Å². The van der Waals surface area contributed by atoms with Crippen molar-refractivity contribution in [2.45, 2.75) is 11.8 Å². The number of likely N-dealkylation sites (N-methyl/N-ethyl adjacent to an activating group) is 1. The molecule has 7 nitrogen and oxygen atoms in total. The zero-order valence-electron chi connectivity index (χ0n) is 15.7. The molecule has 0 N–H and O–H groups in total. The van der Waals surface area contributed by atoms with Crippen LogP contribution in [0, 0.1) is 6.92 Å². The minimum atomic E-state index is -3.51. The van der Waals surface area contributed by atoms with Crippen LogP contribution in [0.3, 0.4) is 0 Å². The number of hydrogen-bond donors (Lipinski definition) is 0. The Bertz CT molecular complexity index is 850. The molecule has 8 heteroatoms. The van der Waals surface area contributed by atoms with Gasteiger partial charge in [0.1, 0.15) is 23.1 Å². The zero-order valence-corrected chi connectivity index (χ0v) is 16.5. The van der Waals surface area contributed by atoms with Crippen LogP contribution in [0.2, 0.25) is 0 Å². The number of aryl methyl sites for hydroxylation is 1. The zero-order chi connectivity index (χ0) is 19.3. The Morgan fingerprint density at radius 3 is 2.59 bits per heavy atom. The molecule has 27 heavy (non-hydrogen) atoms. The summed E-state index contributed by atoms with van der Waals surface area (Å²) in [5, 5.41) is 0. The van der Waals surface area contributed by atoms with E-state index in [1.54, 1.807) is 12.1 Å². The largest absolute Gasteiger partial charge is 0.491 e. The van der Waals surface area contributed by atoms with Gasteiger partial charge in [0.2, 0.25) is 10.0 Å². The molecule has 1 fully saturated rings. The van der Waals surface area contributed by atoms with Crippen LogP contribution in [0.25, 0.3) is 0 Å². The highest BCUT2D eigenvalue weighted by molar-refractivity contribution is 7.89. The van der Waals surface area contributed by atoms with Gasteiger partial charge in [-0.15, -0.1) is 0 Å². The molecule has 146 valence electrons. The van der Waals surface area contributed by atoms with Gasteiger partial charge in [-0.05, 0) is 30.7 Å². The van der Waals surface area contributed by atoms with Crippen LogP contribution in [-0.4, -0.2) is 64.2 Å². The van der Waals surface area contributed by atoms with E-state index >= 15 is 0 Å². The van der Waals surface area contributed by atoms with Gasteiger partial charge < -0.3 is 14.4 Å². The average molecular weight is 391 g/mol. The van der Waals surface area contributed by atoms with Crippen molar-refractivity contribution in [1.29, 1.82) is 0 Å². The number of sulfonamides is 1. The molecule has 3 rings (SSSR count). The van der Waals surface area contributed by atoms with Crippen molar-refractivity contribution < 1.29 is 17.9 Å². The second-order valence-electron chi connectivity index (χ2n) is 6.40. The lowest BCUT2D eigenvalue weighted by molar-refractivity contribution is 0.0730. The third-order valence-electron chi connectivity index (χ3n) is 4.50. The van der Waals surface area contributed by atoms with Crippen molar-refractivity contribution in [3.05, 3.63) is 48.2 Å². The molecule has 0 unspecified atom stereocenters. The molecule has 0 aliphatic carbocycles. The molecule has 1 aliphatic heterocycles. The Morgan fingerprint density at radius 1 is 1.19 bits per heavy atom. The number of nitrogens with zero attached hydrogens (tertiary/aromatic N) is 3. The van der Waals surface area contributed by atoms with Gasteiger partial charge in [-0.25, -0.2) is 13.4 Å². The fraction of sp³-hybridized carbons (Fsp3) is 0.421. The second-order valence-corrected chi connectivity index (χ2v) is 8.34. The van der Waals surface area contributed by atoms with Gasteiger partial charge in [0, 0.05) is 26.3 Å². The normalized spacial score (nSPS) is 15.5. The van der Waals surface area contributed by atoms with E-state index in [2.05, 4.69) is 4.98 Å². The first-order valence-electron chi connectivity index (χ1n) is 8.92. The Labute approximate surface area is 160 Å². The summed E-state index contributed by atoms with van der Waals surface area (Å²) >= 11 is 0. The highest BCUT2D eigenvalue weighted by atomic mass is 32.2. The van der Waals surface area contributed by atoms with Crippen LogP contribution in [-0.2, 0) is 14.8 Å². The standard InChI is InChI=1S/C19H25N3O4S/c1-16-5-3-4-6-18(16)26-14-9-21(2)19-8-7-17(15-20-19)27(23,24)22-10-12-25-13-11-22/h3-8,15H,9-14H2,1-2H3. The number of morpholine rings is 1. The Balaban J connectivity index is 1.58. The van der Waals surface area contributed by atoms with Crippen molar-refractivity contribution in [3.63, 3.8) is 0 Å². The summed E-state index contributed by atoms with van der Waals surface area (Å²) in [7, 11) is -1.61. The van der Waals surface area contributed by atoms with Gasteiger partial charge in [-0.1, -0.05) is 18.2 Å². The Hall–Kier alpha value is -2.16. The van der Waals surface area contributed by atoms with E-state index in [1.165, 1.54) is 10.5 Å². The second kappa shape index (κ2) is 8.69. The van der Waals surface area contributed by atoms with E-state index in [9.17, 15) is 8.42 Å². The number of para-hydroxylation sites is 1. The lowest BCUT2D eigenvalue weighted by atomic mass is 10.2. The van der Waals surface area contributed by atoms with Crippen LogP contribution in [0.5, 0.6) is 5.75 Å². The summed E-state index contributed by atoms with van der Waals surface area (Å²) in [6.07, 6.45) is 1.42. The topological polar surface area (TPSA) is 72.0 Å². The third-order valence-corrected chi connectivity index (χ3v) is 6.38. The fourth-order valence-corrected chi connectivity index (χ4v) is 4.17. The van der Waals surface area contributed by atoms with Crippen molar-refractivity contribution in [1.82, 2.24) is 9.29 Å². The summed E-state index contributed by atoms with van der Waals surface area (Å²) in [4.78, 5) is 6.46. The molecule has 2 aromatic rings. The minimum absolute atomic E-state index is 0.206. The fourth-order valence-electron chi connectivity index (χ4n) is 2.81. The van der Waals surface area contributed by atoms with Gasteiger partial charge in [0.15, 0.2) is 0 Å². The maximum Gasteiger partial charge on any atom is 0.244 e. The summed E-state index contributed by atoms with van der Waals surface area (Å²) in [6, 6.07) is 11.2. The van der Waals surface area contributed by atoms with E-state index < -0.39 is 10.0 Å². The van der Waals surface area contributed by atoms with Crippen LogP contribution in [0.1, 0.15) is 5.56 Å². The molecule has 2 heterocycles. The van der Waals surface area contributed by atoms with Crippen molar-refractivity contribution in [3.8, 4) is 5.75 Å². The molecule has 0 amide bonds. The lowest BCUT2D eigenvalue weighted by Crippen LogP contribution is -2.40. The van der Waals surface area contributed by atoms with E-state index in [-0.39, 0.29) is 4.90 Å². The molecule has 0 spiro atoms. The SMILES string of the molecule is Cc1ccccc1OCCN(C)c1ccc(S(=O)(=O)N2CCOCC2)cn1. The highest BCUT2D eigenvalue weighted by Gasteiger charge is 2.26. The summed E-state index contributed by atoms with van der Waals surface area (Å²) in [5.74, 6) is 1.56. The van der Waals surface area contributed by atoms with Crippen LogP contribution >= 0.6 is 0 Å². The van der Waals surface area contributed by atoms with Gasteiger partial charge >= 0.3 is 0 Å². The lowest BCUT2D eigenvalue weighted by Gasteiger charge is -2.26. The summed E-state index contributed by atoms with van der Waals surface area (Å²) < 4.78 is 37.7. The number of rotatable bonds is 7. The smallest absolute Gasteiger partial charge is 0.244 e. The van der Waals surface area contributed by atoms with Gasteiger partial charge in [-0.3, -0.25) is 0 Å². The van der Waals surface area contributed by atoms with E-state index in [0.29, 0.717) is 45.3 Å². The minimum Gasteiger partial charge on any atom is -0.491 e. The first kappa shape index (κ1) is 19.6. The van der Waals surface area contributed by atoms with Crippen LogP contribution < -0.4 is 9.64 Å². The van der Waals surface area contributed by atoms with Crippen molar-refractivity contribution >= 4 is 15.8 Å². The predicted molar refractivity (Wildman–Crippen MR) is 104 cm³/mol. The number of anilines is 1. The highest BCUT2D eigenvalue weighted by Crippen LogP contribution is 2.19. The first-order chi connectivity index (χ1) is 13.0. The number of benzene rings is 1. The van der Waals surface area contributed by atoms with E-state index in [0.717, 1.165) is 11.3 Å². The van der Waals surface area contributed by atoms with E-state index in [1.807, 2.05) is 43.1 Å². The monoisotopic (exact) mass is 391 g/mol. The number of hydrogen-bond acceptors (Lipinski definition) is 6. The molecule has 1 aromatic heterocycles. The third kappa shape index (κ3) is 4.77. The molecule has 0 atom stereocenters. The molecule has 1 aliphatic rings. The maximum absolute atomic E-state index is 12.6. The predicted octanol–water partition coefficient (Wildman–Crippen LogP) is 1.93. The van der Waals surface area contributed by atoms with E-state index in [4.69, 9.17) is 9.47 Å². The molecule has 0 bridgehead atoms. The molecule has 1 aromatic carbocycles. The van der Waals surface area contributed by atoms with Crippen molar-refractivity contribution in [2.24, 2.45) is 0 Å². The Kier molecular flexibility index (Phi) is 6.30. The van der Waals surface area contributed by atoms with Gasteiger partial charge in [0.25, 0.3) is 0 Å². The molecule has 0 radical (unpaired) electrons. The summed E-state index contributed by atoms with van der Waals surface area (Å²) in [5.41, 5.74) is 1.09. The summed E-state index contributed by atoms with van der Waals surface area (Å²) in [6.45, 7) is 4.76.